The van der Waals surface area contributed by atoms with Crippen molar-refractivity contribution in [1.29, 1.82) is 0 Å². The van der Waals surface area contributed by atoms with E-state index in [4.69, 9.17) is 14.0 Å². The number of carbonyl (C=O) groups is 1. The van der Waals surface area contributed by atoms with E-state index >= 15 is 0 Å². The Labute approximate surface area is 194 Å². The average molecular weight is 491 g/mol. The highest BCUT2D eigenvalue weighted by Gasteiger charge is 2.34. The van der Waals surface area contributed by atoms with Gasteiger partial charge >= 0.3 is 0 Å². The van der Waals surface area contributed by atoms with Crippen LogP contribution in [0.25, 0.3) is 11.4 Å². The highest BCUT2D eigenvalue weighted by molar-refractivity contribution is 7.91. The molecule has 0 bridgehead atoms. The van der Waals surface area contributed by atoms with Crippen molar-refractivity contribution in [2.24, 2.45) is 5.92 Å². The van der Waals surface area contributed by atoms with Crippen LogP contribution in [-0.4, -0.2) is 55.1 Å². The smallest absolute Gasteiger partial charge is 0.252 e. The summed E-state index contributed by atoms with van der Waals surface area (Å²) in [5.41, 5.74) is 1.17. The van der Waals surface area contributed by atoms with Crippen molar-refractivity contribution in [3.8, 4) is 22.9 Å². The van der Waals surface area contributed by atoms with E-state index in [1.54, 1.807) is 36.6 Å². The maximum atomic E-state index is 13.2. The van der Waals surface area contributed by atoms with Crippen molar-refractivity contribution in [2.75, 3.05) is 31.6 Å². The number of benzene rings is 1. The molecule has 3 aromatic rings. The third-order valence-corrected chi connectivity index (χ3v) is 8.80. The molecule has 1 amide bonds. The topological polar surface area (TPSA) is 124 Å². The maximum absolute atomic E-state index is 13.2. The number of amides is 1. The van der Waals surface area contributed by atoms with Crippen molar-refractivity contribution in [3.63, 3.8) is 0 Å². The molecule has 5 rings (SSSR count). The van der Waals surface area contributed by atoms with Gasteiger partial charge in [0.2, 0.25) is 17.6 Å². The van der Waals surface area contributed by atoms with Gasteiger partial charge in [0, 0.05) is 42.7 Å². The minimum absolute atomic E-state index is 0.118. The fourth-order valence-electron chi connectivity index (χ4n) is 3.85. The lowest BCUT2D eigenvalue weighted by Gasteiger charge is -2.30. The molecule has 0 saturated carbocycles. The first kappa shape index (κ1) is 21.9. The molecule has 4 heterocycles. The fraction of sp³-hybridized carbons (Fsp3) is 0.381. The first-order valence-corrected chi connectivity index (χ1v) is 12.8. The van der Waals surface area contributed by atoms with Crippen molar-refractivity contribution >= 4 is 33.0 Å². The van der Waals surface area contributed by atoms with E-state index in [2.05, 4.69) is 15.5 Å². The summed E-state index contributed by atoms with van der Waals surface area (Å²) in [4.78, 5) is 17.0. The number of sulfonamides is 1. The summed E-state index contributed by atoms with van der Waals surface area (Å²) < 4.78 is 44.1. The van der Waals surface area contributed by atoms with Crippen LogP contribution in [-0.2, 0) is 14.8 Å². The number of carbonyl (C=O) groups excluding carboxylic acids is 1. The number of rotatable bonds is 5. The Morgan fingerprint density at radius 3 is 2.82 bits per heavy atom. The van der Waals surface area contributed by atoms with Gasteiger partial charge in [-0.1, -0.05) is 5.16 Å². The first-order chi connectivity index (χ1) is 15.9. The largest absolute Gasteiger partial charge is 0.486 e. The van der Waals surface area contributed by atoms with Gasteiger partial charge in [-0.25, -0.2) is 8.42 Å². The van der Waals surface area contributed by atoms with E-state index in [9.17, 15) is 13.2 Å². The number of aryl methyl sites for hydroxylation is 1. The molecular formula is C21H22N4O6S2. The van der Waals surface area contributed by atoms with Gasteiger partial charge in [-0.15, -0.1) is 11.3 Å². The molecule has 2 aliphatic rings. The van der Waals surface area contributed by atoms with E-state index < -0.39 is 15.9 Å². The molecule has 12 heteroatoms. The summed E-state index contributed by atoms with van der Waals surface area (Å²) in [6.07, 6.45) is 1.21. The van der Waals surface area contributed by atoms with Gasteiger partial charge in [0.25, 0.3) is 10.0 Å². The van der Waals surface area contributed by atoms with Gasteiger partial charge in [0.1, 0.15) is 17.4 Å². The van der Waals surface area contributed by atoms with Crippen LogP contribution < -0.4 is 14.8 Å². The number of aromatic nitrogens is 2. The standard InChI is InChI=1S/C21H22N4O6S2/c1-13-22-20(24-31-13)15-9-19(32-12-15)33(27,28)25-6-2-3-14(11-25)21(26)23-16-4-5-17-18(10-16)30-8-7-29-17/h4-5,9-10,12,14H,2-3,6-8,11H2,1H3,(H,23,26)/t14-/m1/s1. The molecule has 0 unspecified atom stereocenters. The fourth-order valence-corrected chi connectivity index (χ4v) is 6.69. The first-order valence-electron chi connectivity index (χ1n) is 10.5. The normalized spacial score (nSPS) is 18.8. The van der Waals surface area contributed by atoms with Gasteiger partial charge < -0.3 is 19.3 Å². The Hall–Kier alpha value is -2.96. The Balaban J connectivity index is 1.28. The van der Waals surface area contributed by atoms with Crippen LogP contribution in [0.15, 0.2) is 38.4 Å². The zero-order chi connectivity index (χ0) is 23.0. The second-order valence-electron chi connectivity index (χ2n) is 7.84. The van der Waals surface area contributed by atoms with Gasteiger partial charge in [-0.2, -0.15) is 9.29 Å². The number of nitrogens with one attached hydrogen (secondary N) is 1. The van der Waals surface area contributed by atoms with Crippen molar-refractivity contribution in [1.82, 2.24) is 14.4 Å². The van der Waals surface area contributed by atoms with Gasteiger partial charge in [0.05, 0.1) is 5.92 Å². The van der Waals surface area contributed by atoms with Crippen LogP contribution in [0.5, 0.6) is 11.5 Å². The third-order valence-electron chi connectivity index (χ3n) is 5.52. The Bertz CT molecular complexity index is 1290. The lowest BCUT2D eigenvalue weighted by Crippen LogP contribution is -2.43. The van der Waals surface area contributed by atoms with Gasteiger partial charge in [-0.05, 0) is 31.0 Å². The molecule has 2 aliphatic heterocycles. The molecule has 174 valence electrons. The third kappa shape index (κ3) is 4.45. The average Bonchev–Trinajstić information content (AvgIpc) is 3.49. The predicted molar refractivity (Wildman–Crippen MR) is 120 cm³/mol. The number of anilines is 1. The SMILES string of the molecule is Cc1nc(-c2csc(S(=O)(=O)N3CCC[C@@H](C(=O)Nc4ccc5c(c4)OCCO5)C3)c2)no1. The number of hydrogen-bond donors (Lipinski definition) is 1. The van der Waals surface area contributed by atoms with Crippen LogP contribution in [0.4, 0.5) is 5.69 Å². The van der Waals surface area contributed by atoms with Gasteiger partial charge in [0.15, 0.2) is 11.5 Å². The molecule has 1 fully saturated rings. The molecule has 1 atom stereocenters. The zero-order valence-electron chi connectivity index (χ0n) is 17.8. The molecule has 1 N–H and O–H groups in total. The van der Waals surface area contributed by atoms with E-state index in [1.165, 1.54) is 4.31 Å². The minimum Gasteiger partial charge on any atom is -0.486 e. The number of piperidine rings is 1. The summed E-state index contributed by atoms with van der Waals surface area (Å²) in [5.74, 6) is 1.29. The van der Waals surface area contributed by atoms with E-state index in [0.717, 1.165) is 11.3 Å². The van der Waals surface area contributed by atoms with Crippen molar-refractivity contribution in [2.45, 2.75) is 24.0 Å². The molecule has 1 aromatic carbocycles. The van der Waals surface area contributed by atoms with Crippen LogP contribution in [0.2, 0.25) is 0 Å². The highest BCUT2D eigenvalue weighted by atomic mass is 32.2. The molecule has 0 spiro atoms. The van der Waals surface area contributed by atoms with Gasteiger partial charge in [-0.3, -0.25) is 4.79 Å². The second-order valence-corrected chi connectivity index (χ2v) is 10.9. The van der Waals surface area contributed by atoms with E-state index in [1.807, 2.05) is 0 Å². The summed E-state index contributed by atoms with van der Waals surface area (Å²) in [5, 5.41) is 8.41. The van der Waals surface area contributed by atoms with E-state index in [0.29, 0.717) is 67.1 Å². The van der Waals surface area contributed by atoms with Crippen molar-refractivity contribution < 1.29 is 27.2 Å². The zero-order valence-corrected chi connectivity index (χ0v) is 19.4. The lowest BCUT2D eigenvalue weighted by molar-refractivity contribution is -0.120. The molecule has 0 radical (unpaired) electrons. The molecule has 0 aliphatic carbocycles. The predicted octanol–water partition coefficient (Wildman–Crippen LogP) is 2.92. The highest BCUT2D eigenvalue weighted by Crippen LogP contribution is 2.34. The van der Waals surface area contributed by atoms with Crippen LogP contribution in [0.1, 0.15) is 18.7 Å². The Morgan fingerprint density at radius 2 is 2.03 bits per heavy atom. The summed E-state index contributed by atoms with van der Waals surface area (Å²) in [7, 11) is -3.74. The molecule has 2 aromatic heterocycles. The molecule has 10 nitrogen and oxygen atoms in total. The van der Waals surface area contributed by atoms with E-state index in [-0.39, 0.29) is 16.7 Å². The molecule has 33 heavy (non-hydrogen) atoms. The Kier molecular flexibility index (Phi) is 5.81. The summed E-state index contributed by atoms with van der Waals surface area (Å²) in [6.45, 7) is 3.10. The quantitative estimate of drug-likeness (QED) is 0.579. The maximum Gasteiger partial charge on any atom is 0.252 e. The molecule has 1 saturated heterocycles. The number of fused-ring (bicyclic) bond motifs is 1. The lowest BCUT2D eigenvalue weighted by atomic mass is 9.98. The second kappa shape index (κ2) is 8.76. The summed E-state index contributed by atoms with van der Waals surface area (Å²) >= 11 is 1.10. The van der Waals surface area contributed by atoms with Crippen molar-refractivity contribution in [3.05, 3.63) is 35.5 Å². The Morgan fingerprint density at radius 1 is 1.21 bits per heavy atom. The summed E-state index contributed by atoms with van der Waals surface area (Å²) in [6, 6.07) is 6.76. The number of nitrogens with zero attached hydrogens (tertiary/aromatic N) is 3. The van der Waals surface area contributed by atoms with Crippen LogP contribution in [0, 0.1) is 12.8 Å². The molecular weight excluding hydrogens is 468 g/mol. The monoisotopic (exact) mass is 490 g/mol. The number of hydrogen-bond acceptors (Lipinski definition) is 9. The van der Waals surface area contributed by atoms with Crippen LogP contribution >= 0.6 is 11.3 Å². The minimum atomic E-state index is -3.74. The number of thiophene rings is 1. The number of ether oxygens (including phenoxy) is 2. The van der Waals surface area contributed by atoms with Crippen LogP contribution in [0.3, 0.4) is 0 Å².